The molecule has 31 heavy (non-hydrogen) atoms. The Labute approximate surface area is 184 Å². The number of fused-ring (bicyclic) bond motifs is 1. The first-order chi connectivity index (χ1) is 15.3. The normalized spacial score (nSPS) is 17.3. The zero-order chi connectivity index (χ0) is 21.5. The summed E-state index contributed by atoms with van der Waals surface area (Å²) in [4.78, 5) is 14.2. The van der Waals surface area contributed by atoms with Crippen molar-refractivity contribution in [2.75, 3.05) is 18.1 Å². The first-order valence-electron chi connectivity index (χ1n) is 11.7. The number of unbranched alkanes of at least 4 members (excludes halogenated alkanes) is 1. The van der Waals surface area contributed by atoms with E-state index < -0.39 is 0 Å². The van der Waals surface area contributed by atoms with Crippen molar-refractivity contribution in [2.24, 2.45) is 0 Å². The molecule has 1 aromatic heterocycles. The molecule has 0 spiro atoms. The molecule has 1 fully saturated rings. The van der Waals surface area contributed by atoms with E-state index >= 15 is 0 Å². The monoisotopic (exact) mass is 423 g/mol. The fraction of sp³-hybridized carbons (Fsp3) is 0.583. The lowest BCUT2D eigenvalue weighted by Crippen LogP contribution is -2.35. The van der Waals surface area contributed by atoms with Crippen molar-refractivity contribution >= 4 is 11.6 Å². The molecule has 166 valence electrons. The van der Waals surface area contributed by atoms with Gasteiger partial charge in [-0.25, -0.2) is 4.68 Å². The van der Waals surface area contributed by atoms with Crippen LogP contribution in [0, 0.1) is 0 Å². The minimum atomic E-state index is 0.179. The molecule has 1 saturated carbocycles. The average molecular weight is 424 g/mol. The Bertz CT molecular complexity index is 901. The lowest BCUT2D eigenvalue weighted by atomic mass is 9.95. The second-order valence-electron chi connectivity index (χ2n) is 8.46. The number of anilines is 1. The molecule has 2 heterocycles. The number of hydrogen-bond acceptors (Lipinski definition) is 5. The average Bonchev–Trinajstić information content (AvgIpc) is 3.27. The van der Waals surface area contributed by atoms with E-state index in [2.05, 4.69) is 20.2 Å². The van der Waals surface area contributed by atoms with Crippen molar-refractivity contribution in [1.82, 2.24) is 20.2 Å². The summed E-state index contributed by atoms with van der Waals surface area (Å²) in [5.41, 5.74) is 2.13. The number of ether oxygens (including phenoxy) is 1. The van der Waals surface area contributed by atoms with E-state index in [4.69, 9.17) is 4.74 Å². The van der Waals surface area contributed by atoms with Crippen molar-refractivity contribution in [2.45, 2.75) is 77.2 Å². The van der Waals surface area contributed by atoms with Crippen LogP contribution in [0.3, 0.4) is 0 Å². The standard InChI is InChI=1S/C24H33N5O2/c1-2-3-17-28-21-12-9-13-22(20(21)15-16-24(28)30)31-18-8-7-14-23-25-26-27-29(23)19-10-5-4-6-11-19/h2-3,9,12-13,19H,4-8,10-11,14-18H2,1H3/b3-2+. The van der Waals surface area contributed by atoms with Crippen molar-refractivity contribution in [3.05, 3.63) is 41.7 Å². The molecule has 1 aliphatic heterocycles. The van der Waals surface area contributed by atoms with Crippen molar-refractivity contribution in [3.8, 4) is 5.75 Å². The number of hydrogen-bond donors (Lipinski definition) is 0. The summed E-state index contributed by atoms with van der Waals surface area (Å²) >= 11 is 0. The maximum absolute atomic E-state index is 12.4. The van der Waals surface area contributed by atoms with Gasteiger partial charge in [-0.15, -0.1) is 5.10 Å². The highest BCUT2D eigenvalue weighted by Gasteiger charge is 2.25. The van der Waals surface area contributed by atoms with E-state index in [1.54, 1.807) is 0 Å². The predicted molar refractivity (Wildman–Crippen MR) is 120 cm³/mol. The Balaban J connectivity index is 1.30. The number of rotatable bonds is 9. The van der Waals surface area contributed by atoms with E-state index in [-0.39, 0.29) is 5.91 Å². The van der Waals surface area contributed by atoms with Gasteiger partial charge in [0.2, 0.25) is 5.91 Å². The Morgan fingerprint density at radius 3 is 2.87 bits per heavy atom. The molecule has 2 aliphatic rings. The molecule has 0 N–H and O–H groups in total. The van der Waals surface area contributed by atoms with Gasteiger partial charge in [0.25, 0.3) is 0 Å². The third-order valence-corrected chi connectivity index (χ3v) is 6.35. The highest BCUT2D eigenvalue weighted by molar-refractivity contribution is 5.97. The Morgan fingerprint density at radius 2 is 2.03 bits per heavy atom. The van der Waals surface area contributed by atoms with Gasteiger partial charge in [-0.2, -0.15) is 0 Å². The molecule has 7 heteroatoms. The number of aryl methyl sites for hydroxylation is 1. The fourth-order valence-corrected chi connectivity index (χ4v) is 4.66. The number of benzene rings is 1. The van der Waals surface area contributed by atoms with E-state index in [1.807, 2.05) is 42.2 Å². The SMILES string of the molecule is C/C=C/CN1C(=O)CCc2c(OCCCCc3nnnn3C3CCCCC3)cccc21. The Morgan fingerprint density at radius 1 is 1.16 bits per heavy atom. The Kier molecular flexibility index (Phi) is 7.33. The molecule has 0 atom stereocenters. The molecule has 7 nitrogen and oxygen atoms in total. The summed E-state index contributed by atoms with van der Waals surface area (Å²) in [5, 5.41) is 12.4. The zero-order valence-corrected chi connectivity index (χ0v) is 18.5. The van der Waals surface area contributed by atoms with Crippen LogP contribution in [0.4, 0.5) is 5.69 Å². The topological polar surface area (TPSA) is 73.1 Å². The molecular formula is C24H33N5O2. The molecule has 0 bridgehead atoms. The maximum Gasteiger partial charge on any atom is 0.227 e. The first-order valence-corrected chi connectivity index (χ1v) is 11.7. The number of carbonyl (C=O) groups excluding carboxylic acids is 1. The lowest BCUT2D eigenvalue weighted by Gasteiger charge is -2.29. The zero-order valence-electron chi connectivity index (χ0n) is 18.5. The number of allylic oxidation sites excluding steroid dienone is 1. The molecule has 1 aromatic carbocycles. The number of amides is 1. The summed E-state index contributed by atoms with van der Waals surface area (Å²) < 4.78 is 8.20. The van der Waals surface area contributed by atoms with Crippen LogP contribution in [0.2, 0.25) is 0 Å². The van der Waals surface area contributed by atoms with Gasteiger partial charge in [-0.05, 0) is 61.6 Å². The van der Waals surface area contributed by atoms with Crippen LogP contribution >= 0.6 is 0 Å². The van der Waals surface area contributed by atoms with Crippen LogP contribution in [0.25, 0.3) is 0 Å². The summed E-state index contributed by atoms with van der Waals surface area (Å²) in [6.45, 7) is 3.24. The minimum Gasteiger partial charge on any atom is -0.493 e. The van der Waals surface area contributed by atoms with Gasteiger partial charge >= 0.3 is 0 Å². The predicted octanol–water partition coefficient (Wildman–Crippen LogP) is 4.44. The van der Waals surface area contributed by atoms with Gasteiger partial charge in [0.15, 0.2) is 5.82 Å². The summed E-state index contributed by atoms with van der Waals surface area (Å²) in [5.74, 6) is 2.09. The van der Waals surface area contributed by atoms with E-state index in [0.29, 0.717) is 25.6 Å². The van der Waals surface area contributed by atoms with Gasteiger partial charge in [0, 0.05) is 24.9 Å². The molecule has 0 saturated heterocycles. The van der Waals surface area contributed by atoms with E-state index in [0.717, 1.165) is 48.5 Å². The van der Waals surface area contributed by atoms with Gasteiger partial charge in [-0.3, -0.25) is 4.79 Å². The van der Waals surface area contributed by atoms with Crippen LogP contribution in [0.1, 0.15) is 75.7 Å². The van der Waals surface area contributed by atoms with Crippen LogP contribution in [-0.4, -0.2) is 39.3 Å². The molecule has 0 unspecified atom stereocenters. The third kappa shape index (κ3) is 5.14. The second-order valence-corrected chi connectivity index (χ2v) is 8.46. The van der Waals surface area contributed by atoms with Gasteiger partial charge in [0.1, 0.15) is 5.75 Å². The van der Waals surface area contributed by atoms with Gasteiger partial charge in [0.05, 0.1) is 18.3 Å². The smallest absolute Gasteiger partial charge is 0.227 e. The molecule has 1 amide bonds. The quantitative estimate of drug-likeness (QED) is 0.440. The Hall–Kier alpha value is -2.70. The maximum atomic E-state index is 12.4. The first kappa shape index (κ1) is 21.5. The van der Waals surface area contributed by atoms with Crippen LogP contribution in [0.5, 0.6) is 5.75 Å². The number of tetrazole rings is 1. The van der Waals surface area contributed by atoms with Crippen LogP contribution < -0.4 is 9.64 Å². The summed E-state index contributed by atoms with van der Waals surface area (Å²) in [6, 6.07) is 6.49. The van der Waals surface area contributed by atoms with Gasteiger partial charge < -0.3 is 9.64 Å². The molecule has 2 aromatic rings. The van der Waals surface area contributed by atoms with Crippen molar-refractivity contribution in [1.29, 1.82) is 0 Å². The molecule has 1 aliphatic carbocycles. The molecule has 4 rings (SSSR count). The summed E-state index contributed by atoms with van der Waals surface area (Å²) in [7, 11) is 0. The number of carbonyl (C=O) groups is 1. The van der Waals surface area contributed by atoms with Crippen LogP contribution in [-0.2, 0) is 17.6 Å². The third-order valence-electron chi connectivity index (χ3n) is 6.35. The lowest BCUT2D eigenvalue weighted by molar-refractivity contribution is -0.118. The highest BCUT2D eigenvalue weighted by atomic mass is 16.5. The second kappa shape index (κ2) is 10.6. The van der Waals surface area contributed by atoms with E-state index in [9.17, 15) is 4.79 Å². The van der Waals surface area contributed by atoms with Crippen molar-refractivity contribution < 1.29 is 9.53 Å². The van der Waals surface area contributed by atoms with E-state index in [1.165, 1.54) is 32.1 Å². The highest BCUT2D eigenvalue weighted by Crippen LogP contribution is 2.35. The number of aromatic nitrogens is 4. The minimum absolute atomic E-state index is 0.179. The fourth-order valence-electron chi connectivity index (χ4n) is 4.66. The molecule has 0 radical (unpaired) electrons. The van der Waals surface area contributed by atoms with Crippen molar-refractivity contribution in [3.63, 3.8) is 0 Å². The number of nitrogens with zero attached hydrogens (tertiary/aromatic N) is 5. The molecular weight excluding hydrogens is 390 g/mol. The largest absolute Gasteiger partial charge is 0.493 e. The summed E-state index contributed by atoms with van der Waals surface area (Å²) in [6.07, 6.45) is 14.3. The van der Waals surface area contributed by atoms with Gasteiger partial charge in [-0.1, -0.05) is 37.5 Å². The van der Waals surface area contributed by atoms with Crippen LogP contribution in [0.15, 0.2) is 30.4 Å².